The molecule has 0 spiro atoms. The molecule has 0 N–H and O–H groups in total. The highest BCUT2D eigenvalue weighted by Crippen LogP contribution is 2.32. The van der Waals surface area contributed by atoms with Gasteiger partial charge < -0.3 is 9.30 Å². The predicted molar refractivity (Wildman–Crippen MR) is 174 cm³/mol. The Hall–Kier alpha value is -4.15. The number of hydrogen-bond donors (Lipinski definition) is 0. The van der Waals surface area contributed by atoms with Crippen molar-refractivity contribution < 1.29 is 4.74 Å². The van der Waals surface area contributed by atoms with Crippen molar-refractivity contribution in [1.29, 1.82) is 0 Å². The number of imidazole rings is 1. The van der Waals surface area contributed by atoms with E-state index in [9.17, 15) is 0 Å². The van der Waals surface area contributed by atoms with Gasteiger partial charge in [-0.3, -0.25) is 4.90 Å². The molecule has 0 saturated heterocycles. The van der Waals surface area contributed by atoms with E-state index in [-0.39, 0.29) is 0 Å². The molecule has 4 aromatic carbocycles. The van der Waals surface area contributed by atoms with Crippen LogP contribution in [0.1, 0.15) is 56.4 Å². The summed E-state index contributed by atoms with van der Waals surface area (Å²) in [5.41, 5.74) is 7.24. The zero-order chi connectivity index (χ0) is 29.0. The molecule has 216 valence electrons. The number of ether oxygens (including phenoxy) is 1. The van der Waals surface area contributed by atoms with Crippen LogP contribution in [0.2, 0.25) is 0 Å². The van der Waals surface area contributed by atoms with E-state index >= 15 is 0 Å². The van der Waals surface area contributed by atoms with Crippen molar-refractivity contribution in [3.63, 3.8) is 0 Å². The molecule has 42 heavy (non-hydrogen) atoms. The lowest BCUT2D eigenvalue weighted by Crippen LogP contribution is -2.24. The van der Waals surface area contributed by atoms with Crippen LogP contribution >= 0.6 is 0 Å². The van der Waals surface area contributed by atoms with E-state index in [2.05, 4.69) is 139 Å². The molecular formula is C38H43N3O. The average molecular weight is 558 g/mol. The molecule has 0 unspecified atom stereocenters. The van der Waals surface area contributed by atoms with Crippen LogP contribution in [0.15, 0.2) is 115 Å². The van der Waals surface area contributed by atoms with Gasteiger partial charge in [0.1, 0.15) is 11.6 Å². The van der Waals surface area contributed by atoms with E-state index in [1.807, 2.05) is 0 Å². The molecule has 0 aliphatic rings. The van der Waals surface area contributed by atoms with Crippen molar-refractivity contribution in [2.24, 2.45) is 0 Å². The fourth-order valence-corrected chi connectivity index (χ4v) is 5.34. The molecule has 1 heterocycles. The lowest BCUT2D eigenvalue weighted by molar-refractivity contribution is 0.241. The number of aromatic nitrogens is 2. The summed E-state index contributed by atoms with van der Waals surface area (Å²) in [7, 11) is 0. The molecular weight excluding hydrogens is 514 g/mol. The van der Waals surface area contributed by atoms with Gasteiger partial charge in [0, 0.05) is 37.3 Å². The number of nitrogens with zero attached hydrogens (tertiary/aromatic N) is 3. The fraction of sp³-hybridized carbons (Fsp3) is 0.289. The molecule has 1 aromatic heterocycles. The zero-order valence-corrected chi connectivity index (χ0v) is 25.1. The molecule has 0 saturated carbocycles. The molecule has 0 amide bonds. The molecule has 0 fully saturated rings. The van der Waals surface area contributed by atoms with Gasteiger partial charge in [0.05, 0.1) is 18.0 Å². The number of rotatable bonds is 15. The van der Waals surface area contributed by atoms with Crippen molar-refractivity contribution in [1.82, 2.24) is 14.5 Å². The van der Waals surface area contributed by atoms with Gasteiger partial charge in [0.25, 0.3) is 0 Å². The first-order valence-electron chi connectivity index (χ1n) is 15.4. The summed E-state index contributed by atoms with van der Waals surface area (Å²) in [5.74, 6) is 1.99. The summed E-state index contributed by atoms with van der Waals surface area (Å²) in [6.07, 6.45) is 4.45. The van der Waals surface area contributed by atoms with Crippen LogP contribution in [-0.2, 0) is 26.2 Å². The van der Waals surface area contributed by atoms with E-state index in [1.165, 1.54) is 16.8 Å². The van der Waals surface area contributed by atoms with Crippen LogP contribution in [-0.4, -0.2) is 21.1 Å². The van der Waals surface area contributed by atoms with Crippen molar-refractivity contribution in [3.8, 4) is 28.4 Å². The van der Waals surface area contributed by atoms with E-state index in [0.717, 1.165) is 86.9 Å². The Labute approximate surface area is 251 Å². The Kier molecular flexibility index (Phi) is 10.6. The van der Waals surface area contributed by atoms with E-state index in [4.69, 9.17) is 9.72 Å². The van der Waals surface area contributed by atoms with Gasteiger partial charge in [-0.25, -0.2) is 4.98 Å². The van der Waals surface area contributed by atoms with E-state index in [1.54, 1.807) is 0 Å². The normalized spacial score (nSPS) is 11.2. The minimum Gasteiger partial charge on any atom is -0.494 e. The summed E-state index contributed by atoms with van der Waals surface area (Å²) >= 11 is 0. The van der Waals surface area contributed by atoms with Crippen LogP contribution in [0, 0.1) is 0 Å². The maximum Gasteiger partial charge on any atom is 0.140 e. The van der Waals surface area contributed by atoms with Crippen LogP contribution in [0.4, 0.5) is 0 Å². The van der Waals surface area contributed by atoms with Gasteiger partial charge in [-0.2, -0.15) is 0 Å². The van der Waals surface area contributed by atoms with Crippen molar-refractivity contribution >= 4 is 0 Å². The van der Waals surface area contributed by atoms with Crippen LogP contribution in [0.5, 0.6) is 5.75 Å². The molecule has 0 bridgehead atoms. The highest BCUT2D eigenvalue weighted by atomic mass is 16.5. The maximum atomic E-state index is 5.94. The van der Waals surface area contributed by atoms with Gasteiger partial charge in [0.15, 0.2) is 0 Å². The number of benzene rings is 4. The Balaban J connectivity index is 1.53. The molecule has 0 aliphatic carbocycles. The van der Waals surface area contributed by atoms with Crippen molar-refractivity contribution in [2.45, 2.75) is 65.7 Å². The van der Waals surface area contributed by atoms with E-state index < -0.39 is 0 Å². The number of hydrogen-bond acceptors (Lipinski definition) is 3. The Morgan fingerprint density at radius 1 is 0.619 bits per heavy atom. The zero-order valence-electron chi connectivity index (χ0n) is 25.1. The smallest absolute Gasteiger partial charge is 0.140 e. The Morgan fingerprint density at radius 3 is 1.81 bits per heavy atom. The third-order valence-corrected chi connectivity index (χ3v) is 7.61. The minimum absolute atomic E-state index is 0.768. The summed E-state index contributed by atoms with van der Waals surface area (Å²) in [6, 6.07) is 40.7. The molecule has 5 rings (SSSR count). The largest absolute Gasteiger partial charge is 0.494 e. The minimum atomic E-state index is 0.768. The molecule has 0 radical (unpaired) electrons. The summed E-state index contributed by atoms with van der Waals surface area (Å²) < 4.78 is 8.41. The highest BCUT2D eigenvalue weighted by Gasteiger charge is 2.22. The third-order valence-electron chi connectivity index (χ3n) is 7.61. The fourth-order valence-electron chi connectivity index (χ4n) is 5.34. The molecule has 4 heteroatoms. The van der Waals surface area contributed by atoms with Gasteiger partial charge in [-0.05, 0) is 36.1 Å². The number of unbranched alkanes of at least 4 members (excludes halogenated alkanes) is 2. The third kappa shape index (κ3) is 7.77. The van der Waals surface area contributed by atoms with Crippen LogP contribution in [0.3, 0.4) is 0 Å². The van der Waals surface area contributed by atoms with Crippen molar-refractivity contribution in [2.75, 3.05) is 6.61 Å². The first kappa shape index (κ1) is 29.3. The van der Waals surface area contributed by atoms with Crippen LogP contribution < -0.4 is 4.74 Å². The lowest BCUT2D eigenvalue weighted by Gasteiger charge is -2.25. The second-order valence-corrected chi connectivity index (χ2v) is 10.9. The van der Waals surface area contributed by atoms with Crippen LogP contribution in [0.25, 0.3) is 22.6 Å². The van der Waals surface area contributed by atoms with Gasteiger partial charge in [-0.1, -0.05) is 130 Å². The quantitative estimate of drug-likeness (QED) is 0.120. The monoisotopic (exact) mass is 557 g/mol. The molecule has 0 aliphatic heterocycles. The second kappa shape index (κ2) is 15.2. The Bertz CT molecular complexity index is 1480. The maximum absolute atomic E-state index is 5.94. The highest BCUT2D eigenvalue weighted by molar-refractivity contribution is 5.68. The summed E-state index contributed by atoms with van der Waals surface area (Å²) in [4.78, 5) is 7.88. The van der Waals surface area contributed by atoms with E-state index in [0.29, 0.717) is 0 Å². The summed E-state index contributed by atoms with van der Waals surface area (Å²) in [5, 5.41) is 0. The summed E-state index contributed by atoms with van der Waals surface area (Å²) in [6.45, 7) is 8.63. The SMILES string of the molecule is CCCCOc1ccc(CN(Cc2ccccc2)Cc2c(-c3ccccc3)nc(-c3ccccc3)n2CCCC)cc1. The van der Waals surface area contributed by atoms with Gasteiger partial charge in [0.2, 0.25) is 0 Å². The van der Waals surface area contributed by atoms with Gasteiger partial charge >= 0.3 is 0 Å². The average Bonchev–Trinajstić information content (AvgIpc) is 3.40. The Morgan fingerprint density at radius 2 is 1.19 bits per heavy atom. The first-order valence-corrected chi connectivity index (χ1v) is 15.4. The molecule has 5 aromatic rings. The second-order valence-electron chi connectivity index (χ2n) is 10.9. The van der Waals surface area contributed by atoms with Crippen molar-refractivity contribution in [3.05, 3.63) is 132 Å². The predicted octanol–water partition coefficient (Wildman–Crippen LogP) is 9.40. The van der Waals surface area contributed by atoms with Gasteiger partial charge in [-0.15, -0.1) is 0 Å². The molecule has 0 atom stereocenters. The first-order chi connectivity index (χ1) is 20.7. The standard InChI is InChI=1S/C38H43N3O/c1-3-5-26-41-36(37(33-18-12-8-13-19-33)39-38(41)34-20-14-9-15-21-34)30-40(28-31-16-10-7-11-17-31)29-32-22-24-35(25-23-32)42-27-6-4-2/h7-25H,3-6,26-30H2,1-2H3. The lowest BCUT2D eigenvalue weighted by atomic mass is 10.1. The molecule has 4 nitrogen and oxygen atoms in total. The topological polar surface area (TPSA) is 30.3 Å².